The van der Waals surface area contributed by atoms with Crippen molar-refractivity contribution in [1.82, 2.24) is 9.55 Å². The molecule has 0 saturated carbocycles. The average Bonchev–Trinajstić information content (AvgIpc) is 2.81. The molecule has 1 unspecified atom stereocenters. The van der Waals surface area contributed by atoms with E-state index < -0.39 is 5.25 Å². The van der Waals surface area contributed by atoms with Crippen molar-refractivity contribution in [3.05, 3.63) is 88.2 Å². The molecule has 0 radical (unpaired) electrons. The summed E-state index contributed by atoms with van der Waals surface area (Å²) < 4.78 is 1.50. The van der Waals surface area contributed by atoms with Crippen molar-refractivity contribution in [2.24, 2.45) is 0 Å². The van der Waals surface area contributed by atoms with Crippen LogP contribution in [-0.2, 0) is 9.59 Å². The number of aromatic nitrogens is 2. The number of hydrogen-bond donors (Lipinski definition) is 2. The van der Waals surface area contributed by atoms with Gasteiger partial charge in [-0.05, 0) is 67.6 Å². The number of halogens is 1. The lowest BCUT2D eigenvalue weighted by molar-refractivity contribution is -0.115. The molecule has 0 fully saturated rings. The molecule has 172 valence electrons. The van der Waals surface area contributed by atoms with Gasteiger partial charge >= 0.3 is 0 Å². The second-order valence-corrected chi connectivity index (χ2v) is 9.28. The predicted octanol–water partition coefficient (Wildman–Crippen LogP) is 5.12. The Morgan fingerprint density at radius 1 is 0.941 bits per heavy atom. The van der Waals surface area contributed by atoms with Gasteiger partial charge in [-0.3, -0.25) is 19.0 Å². The van der Waals surface area contributed by atoms with Gasteiger partial charge in [0, 0.05) is 23.3 Å². The summed E-state index contributed by atoms with van der Waals surface area (Å²) in [7, 11) is 0. The third-order valence-corrected chi connectivity index (χ3v) is 6.26. The monoisotopic (exact) mass is 492 g/mol. The van der Waals surface area contributed by atoms with Crippen LogP contribution >= 0.6 is 23.4 Å². The van der Waals surface area contributed by atoms with Crippen LogP contribution in [0.5, 0.6) is 0 Å². The van der Waals surface area contributed by atoms with E-state index in [0.29, 0.717) is 38.1 Å². The first kappa shape index (κ1) is 23.5. The first-order valence-corrected chi connectivity index (χ1v) is 11.7. The summed E-state index contributed by atoms with van der Waals surface area (Å²) in [5.41, 5.74) is 2.17. The van der Waals surface area contributed by atoms with Crippen molar-refractivity contribution in [2.75, 3.05) is 10.6 Å². The van der Waals surface area contributed by atoms with E-state index >= 15 is 0 Å². The Labute approximate surface area is 205 Å². The van der Waals surface area contributed by atoms with E-state index in [9.17, 15) is 14.4 Å². The molecule has 1 atom stereocenters. The second kappa shape index (κ2) is 10.1. The first-order valence-electron chi connectivity index (χ1n) is 10.4. The van der Waals surface area contributed by atoms with Gasteiger partial charge in [0.25, 0.3) is 5.56 Å². The largest absolute Gasteiger partial charge is 0.326 e. The molecule has 4 aromatic rings. The van der Waals surface area contributed by atoms with Crippen molar-refractivity contribution in [3.8, 4) is 5.69 Å². The molecule has 2 N–H and O–H groups in total. The average molecular weight is 493 g/mol. The Bertz CT molecular complexity index is 1420. The maximum atomic E-state index is 13.3. The molecular weight excluding hydrogens is 472 g/mol. The first-order chi connectivity index (χ1) is 16.3. The van der Waals surface area contributed by atoms with E-state index in [1.165, 1.54) is 23.3 Å². The minimum Gasteiger partial charge on any atom is -0.326 e. The number of nitrogens with zero attached hydrogens (tertiary/aromatic N) is 2. The Kier molecular flexibility index (Phi) is 7.00. The van der Waals surface area contributed by atoms with Gasteiger partial charge in [0.15, 0.2) is 5.16 Å². The Balaban J connectivity index is 1.62. The maximum Gasteiger partial charge on any atom is 0.266 e. The number of carbonyl (C=O) groups is 2. The Morgan fingerprint density at radius 3 is 2.21 bits per heavy atom. The number of benzene rings is 3. The fourth-order valence-corrected chi connectivity index (χ4v) is 4.36. The molecule has 0 saturated heterocycles. The highest BCUT2D eigenvalue weighted by atomic mass is 35.5. The zero-order valence-electron chi connectivity index (χ0n) is 18.4. The molecule has 0 bridgehead atoms. The lowest BCUT2D eigenvalue weighted by Gasteiger charge is -2.16. The Morgan fingerprint density at radius 2 is 1.56 bits per heavy atom. The molecule has 34 heavy (non-hydrogen) atoms. The molecule has 0 aliphatic rings. The number of para-hydroxylation sites is 1. The summed E-state index contributed by atoms with van der Waals surface area (Å²) in [4.78, 5) is 42.1. The van der Waals surface area contributed by atoms with Crippen molar-refractivity contribution in [3.63, 3.8) is 0 Å². The van der Waals surface area contributed by atoms with E-state index in [4.69, 9.17) is 11.6 Å². The third kappa shape index (κ3) is 5.30. The van der Waals surface area contributed by atoms with Crippen LogP contribution in [-0.4, -0.2) is 26.6 Å². The van der Waals surface area contributed by atoms with Crippen LogP contribution in [0.25, 0.3) is 16.6 Å². The van der Waals surface area contributed by atoms with Crippen LogP contribution in [0.2, 0.25) is 5.02 Å². The molecule has 4 rings (SSSR count). The van der Waals surface area contributed by atoms with Crippen LogP contribution in [0, 0.1) is 0 Å². The number of anilines is 2. The standard InChI is InChI=1S/C25H21ClN4O3S/c1-15(23(32)28-19-11-9-18(10-12-19)27-16(2)31)34-25-29-22-6-4-3-5-21(22)24(33)30(25)20-13-7-17(26)8-14-20/h3-15H,1-2H3,(H,27,31)(H,28,32). The van der Waals surface area contributed by atoms with E-state index in [0.717, 1.165) is 0 Å². The number of thioether (sulfide) groups is 1. The van der Waals surface area contributed by atoms with Gasteiger partial charge in [-0.2, -0.15) is 0 Å². The van der Waals surface area contributed by atoms with Crippen LogP contribution in [0.1, 0.15) is 13.8 Å². The van der Waals surface area contributed by atoms with E-state index in [-0.39, 0.29) is 17.4 Å². The van der Waals surface area contributed by atoms with Gasteiger partial charge in [0.1, 0.15) is 0 Å². The number of hydrogen-bond acceptors (Lipinski definition) is 5. The van der Waals surface area contributed by atoms with E-state index in [2.05, 4.69) is 15.6 Å². The normalized spacial score (nSPS) is 11.7. The number of carbonyl (C=O) groups excluding carboxylic acids is 2. The quantitative estimate of drug-likeness (QED) is 0.288. The summed E-state index contributed by atoms with van der Waals surface area (Å²) in [5.74, 6) is -0.418. The highest BCUT2D eigenvalue weighted by Crippen LogP contribution is 2.26. The van der Waals surface area contributed by atoms with Gasteiger partial charge in [0.05, 0.1) is 21.8 Å². The molecule has 0 aliphatic heterocycles. The van der Waals surface area contributed by atoms with Gasteiger partial charge in [0.2, 0.25) is 11.8 Å². The maximum absolute atomic E-state index is 13.3. The van der Waals surface area contributed by atoms with Gasteiger partial charge < -0.3 is 10.6 Å². The zero-order valence-corrected chi connectivity index (χ0v) is 20.0. The SMILES string of the molecule is CC(=O)Nc1ccc(NC(=O)C(C)Sc2nc3ccccc3c(=O)n2-c2ccc(Cl)cc2)cc1. The summed E-state index contributed by atoms with van der Waals surface area (Å²) in [5, 5.41) is 6.42. The minimum atomic E-state index is -0.554. The van der Waals surface area contributed by atoms with Crippen molar-refractivity contribution >= 4 is 57.5 Å². The summed E-state index contributed by atoms with van der Waals surface area (Å²) in [6.45, 7) is 3.18. The number of fused-ring (bicyclic) bond motifs is 1. The van der Waals surface area contributed by atoms with Crippen LogP contribution in [0.15, 0.2) is 82.7 Å². The highest BCUT2D eigenvalue weighted by Gasteiger charge is 2.20. The predicted molar refractivity (Wildman–Crippen MR) is 137 cm³/mol. The number of rotatable bonds is 6. The lowest BCUT2D eigenvalue weighted by Crippen LogP contribution is -2.26. The van der Waals surface area contributed by atoms with Crippen molar-refractivity contribution < 1.29 is 9.59 Å². The molecule has 7 nitrogen and oxygen atoms in total. The summed E-state index contributed by atoms with van der Waals surface area (Å²) in [6, 6.07) is 20.8. The van der Waals surface area contributed by atoms with Gasteiger partial charge in [-0.1, -0.05) is 35.5 Å². The molecule has 0 aliphatic carbocycles. The van der Waals surface area contributed by atoms with Crippen LogP contribution < -0.4 is 16.2 Å². The summed E-state index contributed by atoms with van der Waals surface area (Å²) in [6.07, 6.45) is 0. The summed E-state index contributed by atoms with van der Waals surface area (Å²) >= 11 is 7.22. The van der Waals surface area contributed by atoms with Crippen molar-refractivity contribution in [2.45, 2.75) is 24.3 Å². The number of nitrogens with one attached hydrogen (secondary N) is 2. The van der Waals surface area contributed by atoms with Crippen LogP contribution in [0.3, 0.4) is 0 Å². The van der Waals surface area contributed by atoms with E-state index in [1.807, 2.05) is 6.07 Å². The highest BCUT2D eigenvalue weighted by molar-refractivity contribution is 8.00. The van der Waals surface area contributed by atoms with Gasteiger partial charge in [-0.15, -0.1) is 0 Å². The zero-order chi connectivity index (χ0) is 24.2. The van der Waals surface area contributed by atoms with E-state index in [1.54, 1.807) is 73.7 Å². The molecule has 1 heterocycles. The van der Waals surface area contributed by atoms with Gasteiger partial charge in [-0.25, -0.2) is 4.98 Å². The second-order valence-electron chi connectivity index (χ2n) is 7.54. The Hall–Kier alpha value is -3.62. The molecule has 1 aromatic heterocycles. The number of amides is 2. The fraction of sp³-hybridized carbons (Fsp3) is 0.120. The third-order valence-electron chi connectivity index (χ3n) is 4.95. The molecule has 9 heteroatoms. The topological polar surface area (TPSA) is 93.1 Å². The van der Waals surface area contributed by atoms with Crippen LogP contribution in [0.4, 0.5) is 11.4 Å². The molecule has 3 aromatic carbocycles. The fourth-order valence-electron chi connectivity index (χ4n) is 3.30. The molecule has 0 spiro atoms. The molecule has 2 amide bonds. The smallest absolute Gasteiger partial charge is 0.266 e. The van der Waals surface area contributed by atoms with Crippen molar-refractivity contribution in [1.29, 1.82) is 0 Å². The minimum absolute atomic E-state index is 0.170. The molecular formula is C25H21ClN4O3S. The lowest BCUT2D eigenvalue weighted by atomic mass is 10.2.